The number of aliphatic hydroxyl groups excluding tert-OH is 1. The van der Waals surface area contributed by atoms with E-state index in [0.717, 1.165) is 37.2 Å². The molecule has 1 heterocycles. The molecule has 0 spiro atoms. The summed E-state index contributed by atoms with van der Waals surface area (Å²) in [6.45, 7) is 9.09. The van der Waals surface area contributed by atoms with Gasteiger partial charge in [-0.2, -0.15) is 4.31 Å². The van der Waals surface area contributed by atoms with Gasteiger partial charge < -0.3 is 24.9 Å². The molecular weight excluding hydrogens is 711 g/mol. The van der Waals surface area contributed by atoms with Crippen LogP contribution in [0, 0.1) is 6.07 Å². The molecule has 1 radical (unpaired) electrons. The summed E-state index contributed by atoms with van der Waals surface area (Å²) >= 11 is 0. The van der Waals surface area contributed by atoms with Crippen LogP contribution in [-0.4, -0.2) is 71.1 Å². The van der Waals surface area contributed by atoms with Crippen molar-refractivity contribution in [3.05, 3.63) is 145 Å². The van der Waals surface area contributed by atoms with E-state index in [-0.39, 0.29) is 17.7 Å². The van der Waals surface area contributed by atoms with Crippen molar-refractivity contribution in [3.8, 4) is 11.5 Å². The molecule has 1 atom stereocenters. The predicted octanol–water partition coefficient (Wildman–Crippen LogP) is 6.26. The maximum Gasteiger partial charge on any atom is 0.319 e. The largest absolute Gasteiger partial charge is 0.534 e. The number of nitrogens with one attached hydrogen (secondary N) is 2. The molecule has 5 aromatic rings. The van der Waals surface area contributed by atoms with E-state index in [1.807, 2.05) is 36.4 Å². The SMILES string of the molecule is CC(C)(C)[Si](Oc1ccc(OC[C@@H](O)CNCCc2ccc(NC3CCN(S(=O)(=O)c4cc[c]cc4)CC3)cc2)cc1)(c1ccccc1)c1ccccc1. The number of rotatable bonds is 16. The predicted molar refractivity (Wildman–Crippen MR) is 220 cm³/mol. The minimum absolute atomic E-state index is 0.139. The highest BCUT2D eigenvalue weighted by molar-refractivity contribution is 7.89. The molecule has 0 aliphatic carbocycles. The lowest BCUT2D eigenvalue weighted by Crippen LogP contribution is -2.68. The Morgan fingerprint density at radius 2 is 1.39 bits per heavy atom. The highest BCUT2D eigenvalue weighted by atomic mass is 32.2. The molecule has 0 unspecified atom stereocenters. The molecule has 10 heteroatoms. The van der Waals surface area contributed by atoms with Crippen LogP contribution in [-0.2, 0) is 16.4 Å². The van der Waals surface area contributed by atoms with Crippen molar-refractivity contribution < 1.29 is 22.7 Å². The van der Waals surface area contributed by atoms with E-state index in [0.29, 0.717) is 30.3 Å². The normalized spacial score (nSPS) is 15.0. The third kappa shape index (κ3) is 9.61. The van der Waals surface area contributed by atoms with Gasteiger partial charge in [-0.3, -0.25) is 0 Å². The molecule has 283 valence electrons. The lowest BCUT2D eigenvalue weighted by molar-refractivity contribution is 0.106. The molecule has 8 nitrogen and oxygen atoms in total. The lowest BCUT2D eigenvalue weighted by atomic mass is 10.1. The highest BCUT2D eigenvalue weighted by Gasteiger charge is 2.52. The Morgan fingerprint density at radius 3 is 1.96 bits per heavy atom. The number of piperidine rings is 1. The first kappa shape index (κ1) is 39.2. The zero-order valence-electron chi connectivity index (χ0n) is 31.4. The van der Waals surface area contributed by atoms with Crippen LogP contribution in [0.3, 0.4) is 0 Å². The molecule has 0 aromatic heterocycles. The quantitative estimate of drug-likeness (QED) is 0.0807. The van der Waals surface area contributed by atoms with Gasteiger partial charge in [0, 0.05) is 31.4 Å². The van der Waals surface area contributed by atoms with Crippen LogP contribution in [0.1, 0.15) is 39.2 Å². The van der Waals surface area contributed by atoms with Crippen LogP contribution in [0.15, 0.2) is 138 Å². The van der Waals surface area contributed by atoms with Gasteiger partial charge in [0.05, 0.1) is 4.90 Å². The Kier molecular flexibility index (Phi) is 12.9. The second-order valence-electron chi connectivity index (χ2n) is 14.9. The molecule has 0 amide bonds. The van der Waals surface area contributed by atoms with Gasteiger partial charge in [-0.15, -0.1) is 0 Å². The monoisotopic (exact) mass is 762 g/mol. The Labute approximate surface area is 322 Å². The van der Waals surface area contributed by atoms with Crippen LogP contribution >= 0.6 is 0 Å². The van der Waals surface area contributed by atoms with E-state index in [1.165, 1.54) is 15.9 Å². The number of sulfonamides is 1. The first-order chi connectivity index (χ1) is 26.0. The van der Waals surface area contributed by atoms with Gasteiger partial charge in [0.2, 0.25) is 10.0 Å². The van der Waals surface area contributed by atoms with Gasteiger partial charge in [0.15, 0.2) is 0 Å². The standard InChI is InChI=1S/C44H52N3O5SSi/c1-44(2,3)54(42-15-9-5-10-16-42,43-17-11-6-12-18-43)52-40-25-23-39(24-26-40)51-34-38(48)33-45-30-27-35-19-21-36(22-20-35)46-37-28-31-47(32-29-37)53(49,50)41-13-7-4-8-14-41/h5-26,37-38,45-46,48H,27-34H2,1-3H3/t38-/m0/s1. The maximum atomic E-state index is 12.9. The zero-order valence-corrected chi connectivity index (χ0v) is 33.3. The van der Waals surface area contributed by atoms with E-state index in [1.54, 1.807) is 28.6 Å². The van der Waals surface area contributed by atoms with Crippen molar-refractivity contribution in [2.75, 3.05) is 38.1 Å². The molecule has 1 saturated heterocycles. The van der Waals surface area contributed by atoms with Gasteiger partial charge in [0.25, 0.3) is 0 Å². The minimum atomic E-state index is -3.47. The van der Waals surface area contributed by atoms with Gasteiger partial charge in [0.1, 0.15) is 24.2 Å². The maximum absolute atomic E-state index is 12.9. The fourth-order valence-electron chi connectivity index (χ4n) is 7.12. The number of ether oxygens (including phenoxy) is 1. The number of anilines is 1. The minimum Gasteiger partial charge on any atom is -0.534 e. The first-order valence-corrected chi connectivity index (χ1v) is 22.1. The summed E-state index contributed by atoms with van der Waals surface area (Å²) in [5.41, 5.74) is 2.22. The van der Waals surface area contributed by atoms with Gasteiger partial charge in [-0.1, -0.05) is 106 Å². The highest BCUT2D eigenvalue weighted by Crippen LogP contribution is 2.38. The average Bonchev–Trinajstić information content (AvgIpc) is 3.19. The Hall–Kier alpha value is -4.45. The number of hydrogen-bond donors (Lipinski definition) is 3. The van der Waals surface area contributed by atoms with Crippen LogP contribution in [0.25, 0.3) is 0 Å². The molecule has 6 rings (SSSR count). The second kappa shape index (κ2) is 17.8. The van der Waals surface area contributed by atoms with Crippen molar-refractivity contribution in [2.24, 2.45) is 0 Å². The summed E-state index contributed by atoms with van der Waals surface area (Å²) in [7, 11) is -6.20. The summed E-state index contributed by atoms with van der Waals surface area (Å²) in [6.07, 6.45) is 1.67. The summed E-state index contributed by atoms with van der Waals surface area (Å²) in [5.74, 6) is 1.47. The second-order valence-corrected chi connectivity index (χ2v) is 21.1. The Bertz CT molecular complexity index is 1950. The summed E-state index contributed by atoms with van der Waals surface area (Å²) in [4.78, 5) is 0.320. The fraction of sp³-hybridized carbons (Fsp3) is 0.318. The van der Waals surface area contributed by atoms with Crippen molar-refractivity contribution in [3.63, 3.8) is 0 Å². The third-order valence-corrected chi connectivity index (χ3v) is 16.9. The Balaban J connectivity index is 0.923. The lowest BCUT2D eigenvalue weighted by Gasteiger charge is -2.43. The van der Waals surface area contributed by atoms with E-state index in [4.69, 9.17) is 9.16 Å². The van der Waals surface area contributed by atoms with E-state index in [9.17, 15) is 13.5 Å². The molecule has 5 aromatic carbocycles. The molecule has 3 N–H and O–H groups in total. The van der Waals surface area contributed by atoms with Crippen molar-refractivity contribution in [1.82, 2.24) is 9.62 Å². The van der Waals surface area contributed by atoms with Gasteiger partial charge in [-0.25, -0.2) is 8.42 Å². The number of benzene rings is 5. The van der Waals surface area contributed by atoms with Crippen molar-refractivity contribution in [2.45, 2.75) is 62.1 Å². The zero-order chi connectivity index (χ0) is 38.0. The number of hydrogen-bond acceptors (Lipinski definition) is 7. The number of aliphatic hydroxyl groups is 1. The van der Waals surface area contributed by atoms with E-state index >= 15 is 0 Å². The van der Waals surface area contributed by atoms with Crippen LogP contribution < -0.4 is 30.2 Å². The third-order valence-electron chi connectivity index (χ3n) is 10.0. The average molecular weight is 763 g/mol. The first-order valence-electron chi connectivity index (χ1n) is 18.8. The molecule has 1 aliphatic rings. The Morgan fingerprint density at radius 1 is 0.815 bits per heavy atom. The molecular formula is C44H52N3O5SSi. The van der Waals surface area contributed by atoms with Crippen LogP contribution in [0.5, 0.6) is 11.5 Å². The summed E-state index contributed by atoms with van der Waals surface area (Å²) in [5, 5.41) is 19.8. The molecule has 1 fully saturated rings. The van der Waals surface area contributed by atoms with Crippen molar-refractivity contribution >= 4 is 34.4 Å². The van der Waals surface area contributed by atoms with E-state index in [2.05, 4.69) is 110 Å². The summed E-state index contributed by atoms with van der Waals surface area (Å²) in [6, 6.07) is 46.8. The smallest absolute Gasteiger partial charge is 0.319 e. The van der Waals surface area contributed by atoms with E-state index < -0.39 is 24.4 Å². The van der Waals surface area contributed by atoms with Crippen molar-refractivity contribution in [1.29, 1.82) is 0 Å². The van der Waals surface area contributed by atoms with Gasteiger partial charge in [-0.05, 0) is 101 Å². The topological polar surface area (TPSA) is 100 Å². The fourth-order valence-corrected chi connectivity index (χ4v) is 13.0. The van der Waals surface area contributed by atoms with Crippen LogP contribution in [0.4, 0.5) is 5.69 Å². The molecule has 0 bridgehead atoms. The summed E-state index contributed by atoms with van der Waals surface area (Å²) < 4.78 is 40.5. The van der Waals surface area contributed by atoms with Crippen LogP contribution in [0.2, 0.25) is 5.04 Å². The number of nitrogens with zero attached hydrogens (tertiary/aromatic N) is 1. The molecule has 0 saturated carbocycles. The molecule has 54 heavy (non-hydrogen) atoms. The van der Waals surface area contributed by atoms with Gasteiger partial charge >= 0.3 is 8.32 Å². The molecule has 1 aliphatic heterocycles.